The van der Waals surface area contributed by atoms with Gasteiger partial charge in [0.2, 0.25) is 5.91 Å². The molecule has 1 atom stereocenters. The zero-order valence-corrected chi connectivity index (χ0v) is 13.1. The Labute approximate surface area is 133 Å². The largest absolute Gasteiger partial charge is 0.484 e. The van der Waals surface area contributed by atoms with Gasteiger partial charge in [0.25, 0.3) is 0 Å². The van der Waals surface area contributed by atoms with Gasteiger partial charge in [0, 0.05) is 11.8 Å². The van der Waals surface area contributed by atoms with Crippen LogP contribution < -0.4 is 15.8 Å². The lowest BCUT2D eigenvalue weighted by Crippen LogP contribution is -2.36. The summed E-state index contributed by atoms with van der Waals surface area (Å²) in [5.74, 6) is -0.0774. The lowest BCUT2D eigenvalue weighted by atomic mass is 10.0. The van der Waals surface area contributed by atoms with Gasteiger partial charge in [0.1, 0.15) is 5.75 Å². The molecule has 0 aliphatic carbocycles. The second-order valence-corrected chi connectivity index (χ2v) is 5.16. The molecule has 3 N–H and O–H groups in total. The molecule has 0 spiro atoms. The molecule has 22 heavy (non-hydrogen) atoms. The first-order valence-corrected chi connectivity index (χ1v) is 6.53. The van der Waals surface area contributed by atoms with Crippen molar-refractivity contribution in [3.63, 3.8) is 0 Å². The first-order valence-electron chi connectivity index (χ1n) is 6.53. The molecule has 4 nitrogen and oxygen atoms in total. The van der Waals surface area contributed by atoms with Gasteiger partial charge >= 0.3 is 6.18 Å². The lowest BCUT2D eigenvalue weighted by Gasteiger charge is -2.15. The average Bonchev–Trinajstić information content (AvgIpc) is 2.35. The topological polar surface area (TPSA) is 64.4 Å². The number of ether oxygens (including phenoxy) is 1. The molecular weight excluding hydrogens is 321 g/mol. The van der Waals surface area contributed by atoms with E-state index >= 15 is 0 Å². The number of nitrogens with two attached hydrogens (primary N) is 1. The first kappa shape index (κ1) is 20.5. The third-order valence-corrected chi connectivity index (χ3v) is 2.57. The van der Waals surface area contributed by atoms with Gasteiger partial charge in [0.15, 0.2) is 6.61 Å². The Balaban J connectivity index is 0.00000441. The number of anilines is 1. The fourth-order valence-electron chi connectivity index (χ4n) is 1.68. The predicted molar refractivity (Wildman–Crippen MR) is 81.3 cm³/mol. The summed E-state index contributed by atoms with van der Waals surface area (Å²) in [7, 11) is 0. The smallest absolute Gasteiger partial charge is 0.422 e. The molecule has 0 aliphatic heterocycles. The third kappa shape index (κ3) is 8.09. The van der Waals surface area contributed by atoms with E-state index in [4.69, 9.17) is 5.73 Å². The van der Waals surface area contributed by atoms with Crippen molar-refractivity contribution < 1.29 is 22.7 Å². The fourth-order valence-corrected chi connectivity index (χ4v) is 1.68. The number of amides is 1. The van der Waals surface area contributed by atoms with Gasteiger partial charge in [-0.1, -0.05) is 19.9 Å². The van der Waals surface area contributed by atoms with Crippen LogP contribution in [0.5, 0.6) is 5.75 Å². The number of alkyl halides is 3. The SMILES string of the molecule is CC(C)C[C@H](N)C(=O)Nc1cccc(OCC(F)(F)F)c1.Cl. The van der Waals surface area contributed by atoms with Crippen LogP contribution in [-0.4, -0.2) is 24.7 Å². The van der Waals surface area contributed by atoms with Gasteiger partial charge < -0.3 is 15.8 Å². The van der Waals surface area contributed by atoms with Crippen molar-refractivity contribution in [1.82, 2.24) is 0 Å². The molecule has 0 heterocycles. The highest BCUT2D eigenvalue weighted by Crippen LogP contribution is 2.21. The summed E-state index contributed by atoms with van der Waals surface area (Å²) >= 11 is 0. The second kappa shape index (κ2) is 8.85. The Morgan fingerprint density at radius 3 is 2.55 bits per heavy atom. The molecule has 0 saturated heterocycles. The van der Waals surface area contributed by atoms with E-state index in [1.165, 1.54) is 18.2 Å². The van der Waals surface area contributed by atoms with Crippen LogP contribution in [0.25, 0.3) is 0 Å². The van der Waals surface area contributed by atoms with E-state index in [1.54, 1.807) is 6.07 Å². The number of halogens is 4. The van der Waals surface area contributed by atoms with Crippen molar-refractivity contribution in [3.05, 3.63) is 24.3 Å². The maximum atomic E-state index is 12.1. The van der Waals surface area contributed by atoms with Gasteiger partial charge in [-0.05, 0) is 24.5 Å². The monoisotopic (exact) mass is 340 g/mol. The summed E-state index contributed by atoms with van der Waals surface area (Å²) in [6, 6.07) is 5.10. The van der Waals surface area contributed by atoms with E-state index in [9.17, 15) is 18.0 Å². The number of benzene rings is 1. The summed E-state index contributed by atoms with van der Waals surface area (Å²) in [6.07, 6.45) is -3.88. The van der Waals surface area contributed by atoms with E-state index in [-0.39, 0.29) is 30.0 Å². The molecule has 1 aromatic rings. The summed E-state index contributed by atoms with van der Waals surface area (Å²) < 4.78 is 40.8. The molecule has 1 aromatic carbocycles. The molecule has 1 rings (SSSR count). The lowest BCUT2D eigenvalue weighted by molar-refractivity contribution is -0.153. The van der Waals surface area contributed by atoms with Crippen LogP contribution in [0.1, 0.15) is 20.3 Å². The van der Waals surface area contributed by atoms with Gasteiger partial charge in [-0.25, -0.2) is 0 Å². The Hall–Kier alpha value is -1.47. The molecule has 0 aromatic heterocycles. The van der Waals surface area contributed by atoms with Gasteiger partial charge in [-0.3, -0.25) is 4.79 Å². The normalized spacial score (nSPS) is 12.5. The van der Waals surface area contributed by atoms with Gasteiger partial charge in [-0.2, -0.15) is 13.2 Å². The van der Waals surface area contributed by atoms with Crippen molar-refractivity contribution in [3.8, 4) is 5.75 Å². The van der Waals surface area contributed by atoms with Crippen molar-refractivity contribution in [2.45, 2.75) is 32.5 Å². The fraction of sp³-hybridized carbons (Fsp3) is 0.500. The highest BCUT2D eigenvalue weighted by Gasteiger charge is 2.28. The van der Waals surface area contributed by atoms with Crippen molar-refractivity contribution in [2.24, 2.45) is 11.7 Å². The molecule has 8 heteroatoms. The van der Waals surface area contributed by atoms with Crippen molar-refractivity contribution in [1.29, 1.82) is 0 Å². The van der Waals surface area contributed by atoms with E-state index in [1.807, 2.05) is 13.8 Å². The number of carbonyl (C=O) groups is 1. The quantitative estimate of drug-likeness (QED) is 0.834. The minimum absolute atomic E-state index is 0. The number of hydrogen-bond acceptors (Lipinski definition) is 3. The van der Waals surface area contributed by atoms with E-state index in [0.717, 1.165) is 0 Å². The highest BCUT2D eigenvalue weighted by atomic mass is 35.5. The molecule has 0 bridgehead atoms. The molecule has 0 saturated carbocycles. The molecule has 0 fully saturated rings. The van der Waals surface area contributed by atoms with E-state index in [2.05, 4.69) is 10.1 Å². The predicted octanol–water partition coefficient (Wildman–Crippen LogP) is 3.36. The standard InChI is InChI=1S/C14H19F3N2O2.ClH/c1-9(2)6-12(18)13(20)19-10-4-3-5-11(7-10)21-8-14(15,16)17;/h3-5,7,9,12H,6,8,18H2,1-2H3,(H,19,20);1H/t12-;/m0./s1. The van der Waals surface area contributed by atoms with Crippen LogP contribution in [0.3, 0.4) is 0 Å². The molecule has 1 amide bonds. The Morgan fingerprint density at radius 2 is 2.00 bits per heavy atom. The number of carbonyl (C=O) groups excluding carboxylic acids is 1. The Morgan fingerprint density at radius 1 is 1.36 bits per heavy atom. The first-order chi connectivity index (χ1) is 9.67. The third-order valence-electron chi connectivity index (χ3n) is 2.57. The van der Waals surface area contributed by atoms with Crippen LogP contribution >= 0.6 is 12.4 Å². The molecular formula is C14H20ClF3N2O2. The molecule has 0 radical (unpaired) electrons. The Kier molecular flexibility index (Phi) is 8.26. The zero-order valence-electron chi connectivity index (χ0n) is 12.3. The van der Waals surface area contributed by atoms with Crippen LogP contribution in [0.2, 0.25) is 0 Å². The zero-order chi connectivity index (χ0) is 16.0. The van der Waals surface area contributed by atoms with Crippen LogP contribution in [0, 0.1) is 5.92 Å². The van der Waals surface area contributed by atoms with Crippen molar-refractivity contribution >= 4 is 24.0 Å². The summed E-state index contributed by atoms with van der Waals surface area (Å²) in [6.45, 7) is 2.51. The molecule has 126 valence electrons. The number of hydrogen-bond donors (Lipinski definition) is 2. The average molecular weight is 341 g/mol. The van der Waals surface area contributed by atoms with Gasteiger partial charge in [0.05, 0.1) is 6.04 Å². The molecule has 0 aliphatic rings. The molecule has 0 unspecified atom stereocenters. The maximum absolute atomic E-state index is 12.1. The minimum Gasteiger partial charge on any atom is -0.484 e. The summed E-state index contributed by atoms with van der Waals surface area (Å²) in [5.41, 5.74) is 6.07. The maximum Gasteiger partial charge on any atom is 0.422 e. The van der Waals surface area contributed by atoms with Crippen LogP contribution in [-0.2, 0) is 4.79 Å². The minimum atomic E-state index is -4.40. The highest BCUT2D eigenvalue weighted by molar-refractivity contribution is 5.94. The van der Waals surface area contributed by atoms with E-state index < -0.39 is 18.8 Å². The van der Waals surface area contributed by atoms with Crippen LogP contribution in [0.4, 0.5) is 18.9 Å². The summed E-state index contributed by atoms with van der Waals surface area (Å²) in [5, 5.41) is 2.56. The summed E-state index contributed by atoms with van der Waals surface area (Å²) in [4.78, 5) is 11.8. The number of rotatable bonds is 6. The van der Waals surface area contributed by atoms with Gasteiger partial charge in [-0.15, -0.1) is 12.4 Å². The van der Waals surface area contributed by atoms with Crippen LogP contribution in [0.15, 0.2) is 24.3 Å². The van der Waals surface area contributed by atoms with E-state index in [0.29, 0.717) is 12.1 Å². The van der Waals surface area contributed by atoms with Crippen molar-refractivity contribution in [2.75, 3.05) is 11.9 Å². The number of nitrogens with one attached hydrogen (secondary N) is 1. The Bertz CT molecular complexity index is 481. The second-order valence-electron chi connectivity index (χ2n) is 5.16.